The quantitative estimate of drug-likeness (QED) is 0.762. The van der Waals surface area contributed by atoms with Crippen molar-refractivity contribution in [1.29, 1.82) is 0 Å². The Hall–Kier alpha value is -1.00. The predicted octanol–water partition coefficient (Wildman–Crippen LogP) is 2.54. The third-order valence-corrected chi connectivity index (χ3v) is 1.96. The third kappa shape index (κ3) is 4.85. The molecular formula is C11H15F2NO. The Balaban J connectivity index is 2.56. The number of hydrogen-bond acceptors (Lipinski definition) is 2. The van der Waals surface area contributed by atoms with Crippen LogP contribution in [0.1, 0.15) is 18.1 Å². The molecule has 1 aromatic rings. The largest absolute Gasteiger partial charge is 0.305 e. The lowest BCUT2D eigenvalue weighted by Gasteiger charge is -2.10. The van der Waals surface area contributed by atoms with E-state index in [0.29, 0.717) is 12.1 Å². The Morgan fingerprint density at radius 3 is 2.20 bits per heavy atom. The molecule has 2 nitrogen and oxygen atoms in total. The molecule has 0 aliphatic rings. The lowest BCUT2D eigenvalue weighted by Crippen LogP contribution is -2.14. The van der Waals surface area contributed by atoms with E-state index in [-0.39, 0.29) is 6.42 Å². The Bertz CT molecular complexity index is 292. The highest BCUT2D eigenvalue weighted by Crippen LogP contribution is 2.19. The summed E-state index contributed by atoms with van der Waals surface area (Å²) in [6.45, 7) is 1.49. The molecule has 0 atom stereocenters. The summed E-state index contributed by atoms with van der Waals surface area (Å²) in [5, 5.41) is 0. The molecule has 0 aliphatic carbocycles. The van der Waals surface area contributed by atoms with Crippen LogP contribution in [-0.4, -0.2) is 13.0 Å². The molecule has 4 heteroatoms. The first-order chi connectivity index (χ1) is 7.01. The predicted molar refractivity (Wildman–Crippen MR) is 54.6 cm³/mol. The van der Waals surface area contributed by atoms with Gasteiger partial charge in [-0.05, 0) is 18.1 Å². The fraction of sp³-hybridized carbons (Fsp3) is 0.455. The summed E-state index contributed by atoms with van der Waals surface area (Å²) in [4.78, 5) is 4.69. The van der Waals surface area contributed by atoms with E-state index in [1.165, 1.54) is 7.11 Å². The molecule has 0 heterocycles. The number of benzene rings is 1. The van der Waals surface area contributed by atoms with E-state index in [1.807, 2.05) is 12.1 Å². The molecule has 1 rings (SSSR count). The van der Waals surface area contributed by atoms with Gasteiger partial charge in [-0.1, -0.05) is 24.3 Å². The van der Waals surface area contributed by atoms with Crippen LogP contribution in [0.3, 0.4) is 0 Å². The second-order valence-electron chi connectivity index (χ2n) is 3.59. The van der Waals surface area contributed by atoms with Gasteiger partial charge in [0, 0.05) is 13.0 Å². The molecule has 1 N–H and O–H groups in total. The van der Waals surface area contributed by atoms with Gasteiger partial charge < -0.3 is 4.84 Å². The maximum absolute atomic E-state index is 12.7. The number of alkyl halides is 2. The van der Waals surface area contributed by atoms with E-state index in [0.717, 1.165) is 12.5 Å². The minimum Gasteiger partial charge on any atom is -0.305 e. The number of rotatable bonds is 5. The van der Waals surface area contributed by atoms with E-state index in [1.54, 1.807) is 12.1 Å². The van der Waals surface area contributed by atoms with Crippen LogP contribution in [0.5, 0.6) is 0 Å². The first-order valence-electron chi connectivity index (χ1n) is 4.73. The minimum absolute atomic E-state index is 0.217. The standard InChI is InChI=1S/C11H15F2NO/c1-11(12,13)7-9-3-5-10(6-4-9)8-14-15-2/h3-6,14H,7-8H2,1-2H3. The van der Waals surface area contributed by atoms with Gasteiger partial charge in [-0.2, -0.15) is 5.48 Å². The van der Waals surface area contributed by atoms with Gasteiger partial charge in [-0.3, -0.25) is 0 Å². The van der Waals surface area contributed by atoms with Crippen LogP contribution in [0, 0.1) is 0 Å². The molecule has 15 heavy (non-hydrogen) atoms. The molecule has 0 fully saturated rings. The summed E-state index contributed by atoms with van der Waals surface area (Å²) in [5.41, 5.74) is 4.33. The Labute approximate surface area is 88.2 Å². The molecule has 0 aromatic heterocycles. The topological polar surface area (TPSA) is 21.3 Å². The van der Waals surface area contributed by atoms with Gasteiger partial charge in [0.05, 0.1) is 7.11 Å². The molecule has 1 aromatic carbocycles. The van der Waals surface area contributed by atoms with Crippen LogP contribution in [-0.2, 0) is 17.8 Å². The van der Waals surface area contributed by atoms with E-state index in [2.05, 4.69) is 10.3 Å². The number of nitrogens with one attached hydrogen (secondary N) is 1. The van der Waals surface area contributed by atoms with Crippen molar-refractivity contribution in [2.24, 2.45) is 0 Å². The summed E-state index contributed by atoms with van der Waals surface area (Å²) >= 11 is 0. The van der Waals surface area contributed by atoms with Crippen LogP contribution < -0.4 is 5.48 Å². The smallest absolute Gasteiger partial charge is 0.249 e. The van der Waals surface area contributed by atoms with Gasteiger partial charge in [0.1, 0.15) is 0 Å². The first kappa shape index (κ1) is 12.1. The van der Waals surface area contributed by atoms with Crippen LogP contribution in [0.4, 0.5) is 8.78 Å². The van der Waals surface area contributed by atoms with Crippen LogP contribution in [0.25, 0.3) is 0 Å². The van der Waals surface area contributed by atoms with Crippen LogP contribution >= 0.6 is 0 Å². The fourth-order valence-corrected chi connectivity index (χ4v) is 1.29. The lowest BCUT2D eigenvalue weighted by atomic mass is 10.1. The van der Waals surface area contributed by atoms with Gasteiger partial charge in [0.25, 0.3) is 0 Å². The highest BCUT2D eigenvalue weighted by Gasteiger charge is 2.21. The van der Waals surface area contributed by atoms with Crippen molar-refractivity contribution in [1.82, 2.24) is 5.48 Å². The second kappa shape index (κ2) is 5.19. The zero-order valence-electron chi connectivity index (χ0n) is 8.89. The average molecular weight is 215 g/mol. The second-order valence-corrected chi connectivity index (χ2v) is 3.59. The molecule has 0 aliphatic heterocycles. The Morgan fingerprint density at radius 1 is 1.20 bits per heavy atom. The molecule has 0 spiro atoms. The van der Waals surface area contributed by atoms with Crippen LogP contribution in [0.2, 0.25) is 0 Å². The van der Waals surface area contributed by atoms with E-state index < -0.39 is 5.92 Å². The minimum atomic E-state index is -2.65. The van der Waals surface area contributed by atoms with Crippen molar-refractivity contribution in [3.8, 4) is 0 Å². The van der Waals surface area contributed by atoms with Gasteiger partial charge in [-0.25, -0.2) is 8.78 Å². The van der Waals surface area contributed by atoms with E-state index >= 15 is 0 Å². The lowest BCUT2D eigenvalue weighted by molar-refractivity contribution is 0.0226. The third-order valence-electron chi connectivity index (χ3n) is 1.96. The molecule has 0 amide bonds. The van der Waals surface area contributed by atoms with Gasteiger partial charge >= 0.3 is 0 Å². The highest BCUT2D eigenvalue weighted by molar-refractivity contribution is 5.23. The van der Waals surface area contributed by atoms with Crippen LogP contribution in [0.15, 0.2) is 24.3 Å². The Morgan fingerprint density at radius 2 is 1.73 bits per heavy atom. The number of hydrogen-bond donors (Lipinski definition) is 1. The molecular weight excluding hydrogens is 200 g/mol. The van der Waals surface area contributed by atoms with Gasteiger partial charge in [-0.15, -0.1) is 0 Å². The summed E-state index contributed by atoms with van der Waals surface area (Å²) in [6, 6.07) is 7.05. The molecule has 0 radical (unpaired) electrons. The van der Waals surface area contributed by atoms with Crippen molar-refractivity contribution in [2.75, 3.05) is 7.11 Å². The maximum Gasteiger partial charge on any atom is 0.249 e. The number of halogens is 2. The maximum atomic E-state index is 12.7. The molecule has 0 saturated carbocycles. The molecule has 0 bridgehead atoms. The molecule has 84 valence electrons. The Kier molecular flexibility index (Phi) is 4.17. The fourth-order valence-electron chi connectivity index (χ4n) is 1.29. The van der Waals surface area contributed by atoms with Crippen molar-refractivity contribution in [3.63, 3.8) is 0 Å². The van der Waals surface area contributed by atoms with Crippen molar-refractivity contribution in [3.05, 3.63) is 35.4 Å². The molecule has 0 unspecified atom stereocenters. The number of hydroxylamine groups is 1. The normalized spacial score (nSPS) is 11.7. The monoisotopic (exact) mass is 215 g/mol. The van der Waals surface area contributed by atoms with E-state index in [4.69, 9.17) is 0 Å². The van der Waals surface area contributed by atoms with Crippen molar-refractivity contribution in [2.45, 2.75) is 25.8 Å². The zero-order valence-corrected chi connectivity index (χ0v) is 8.89. The SMILES string of the molecule is CONCc1ccc(CC(C)(F)F)cc1. The summed E-state index contributed by atoms with van der Waals surface area (Å²) < 4.78 is 25.4. The summed E-state index contributed by atoms with van der Waals surface area (Å²) in [7, 11) is 1.53. The first-order valence-corrected chi connectivity index (χ1v) is 4.73. The summed E-state index contributed by atoms with van der Waals surface area (Å²) in [5.74, 6) is -2.65. The van der Waals surface area contributed by atoms with Gasteiger partial charge in [0.2, 0.25) is 5.92 Å². The average Bonchev–Trinajstić information content (AvgIpc) is 2.14. The highest BCUT2D eigenvalue weighted by atomic mass is 19.3. The van der Waals surface area contributed by atoms with E-state index in [9.17, 15) is 8.78 Å². The zero-order chi connectivity index (χ0) is 11.3. The van der Waals surface area contributed by atoms with Gasteiger partial charge in [0.15, 0.2) is 0 Å². The summed E-state index contributed by atoms with van der Waals surface area (Å²) in [6.07, 6.45) is -0.217. The van der Waals surface area contributed by atoms with Crippen molar-refractivity contribution < 1.29 is 13.6 Å². The van der Waals surface area contributed by atoms with Crippen molar-refractivity contribution >= 4 is 0 Å². The molecule has 0 saturated heterocycles.